The molecule has 6 heteroatoms. The van der Waals surface area contributed by atoms with Crippen molar-refractivity contribution in [3.05, 3.63) is 29.6 Å². The number of ether oxygens (including phenoxy) is 1. The first kappa shape index (κ1) is 9.82. The Kier molecular flexibility index (Phi) is 2.42. The van der Waals surface area contributed by atoms with Gasteiger partial charge in [-0.15, -0.1) is 0 Å². The van der Waals surface area contributed by atoms with Crippen LogP contribution < -0.4 is 5.73 Å². The van der Waals surface area contributed by atoms with Crippen molar-refractivity contribution < 1.29 is 14.5 Å². The van der Waals surface area contributed by atoms with E-state index in [1.54, 1.807) is 18.3 Å². The predicted octanol–water partition coefficient (Wildman–Crippen LogP) is 0.996. The lowest BCUT2D eigenvalue weighted by Crippen LogP contribution is -2.23. The molecule has 1 aliphatic heterocycles. The quantitative estimate of drug-likeness (QED) is 0.464. The van der Waals surface area contributed by atoms with E-state index in [1.165, 1.54) is 7.11 Å². The van der Waals surface area contributed by atoms with Gasteiger partial charge in [-0.25, -0.2) is 0 Å². The summed E-state index contributed by atoms with van der Waals surface area (Å²) in [6.07, 6.45) is 1.60. The number of hydrogen-bond acceptors (Lipinski definition) is 5. The number of rotatable bonds is 3. The number of alkyl halides is 1. The molecule has 1 fully saturated rings. The highest BCUT2D eigenvalue weighted by Crippen LogP contribution is 2.38. The van der Waals surface area contributed by atoms with Crippen LogP contribution in [0.15, 0.2) is 18.3 Å². The summed E-state index contributed by atoms with van der Waals surface area (Å²) in [5.74, 6) is -1.21. The Hall–Kier alpha value is -0.720. The van der Waals surface area contributed by atoms with E-state index in [2.05, 4.69) is 14.8 Å². The van der Waals surface area contributed by atoms with Gasteiger partial charge in [0.05, 0.1) is 11.3 Å². The van der Waals surface area contributed by atoms with Crippen LogP contribution in [-0.2, 0) is 20.4 Å². The fraction of sp³-hybridized carbons (Fsp3) is 0.375. The largest absolute Gasteiger partial charge is 0.360 e. The van der Waals surface area contributed by atoms with Gasteiger partial charge in [-0.1, -0.05) is 11.6 Å². The lowest BCUT2D eigenvalue weighted by molar-refractivity contribution is 0.0850. The molecule has 0 aromatic carbocycles. The Morgan fingerprint density at radius 3 is 2.93 bits per heavy atom. The van der Waals surface area contributed by atoms with Crippen LogP contribution in [0.3, 0.4) is 0 Å². The normalized spacial score (nSPS) is 20.5. The minimum Gasteiger partial charge on any atom is -0.360 e. The molecule has 1 aliphatic rings. The van der Waals surface area contributed by atoms with Crippen molar-refractivity contribution >= 4 is 11.6 Å². The van der Waals surface area contributed by atoms with Crippen LogP contribution in [0.1, 0.15) is 16.8 Å². The van der Waals surface area contributed by atoms with Crippen LogP contribution in [0.2, 0.25) is 0 Å². The minimum absolute atomic E-state index is 0.497. The number of aromatic nitrogens is 1. The second-order valence-electron chi connectivity index (χ2n) is 2.82. The molecule has 0 radical (unpaired) electrons. The van der Waals surface area contributed by atoms with Crippen molar-refractivity contribution in [3.8, 4) is 0 Å². The molecule has 0 aliphatic carbocycles. The molecule has 1 aromatic heterocycles. The maximum absolute atomic E-state index is 5.88. The second-order valence-corrected chi connectivity index (χ2v) is 3.22. The van der Waals surface area contributed by atoms with Crippen molar-refractivity contribution in [2.45, 2.75) is 11.5 Å². The van der Waals surface area contributed by atoms with Gasteiger partial charge in [0.2, 0.25) is 0 Å². The zero-order valence-corrected chi connectivity index (χ0v) is 8.19. The lowest BCUT2D eigenvalue weighted by Gasteiger charge is -2.11. The van der Waals surface area contributed by atoms with Crippen LogP contribution >= 0.6 is 11.6 Å². The Morgan fingerprint density at radius 2 is 2.36 bits per heavy atom. The molecule has 5 nitrogen and oxygen atoms in total. The number of halogens is 1. The van der Waals surface area contributed by atoms with Gasteiger partial charge in [0.25, 0.3) is 0 Å². The smallest absolute Gasteiger partial charge is 0.313 e. The summed E-state index contributed by atoms with van der Waals surface area (Å²) in [5.41, 5.74) is 6.06. The van der Waals surface area contributed by atoms with Crippen LogP contribution in [-0.4, -0.2) is 12.1 Å². The van der Waals surface area contributed by atoms with Crippen molar-refractivity contribution in [3.63, 3.8) is 0 Å². The summed E-state index contributed by atoms with van der Waals surface area (Å²) in [7, 11) is 1.48. The van der Waals surface area contributed by atoms with Gasteiger partial charge in [0.15, 0.2) is 5.56 Å². The minimum atomic E-state index is -1.21. The summed E-state index contributed by atoms with van der Waals surface area (Å²) < 4.78 is 4.94. The zero-order chi connectivity index (χ0) is 10.2. The molecule has 1 unspecified atom stereocenters. The third-order valence-corrected chi connectivity index (χ3v) is 2.28. The van der Waals surface area contributed by atoms with E-state index in [4.69, 9.17) is 22.1 Å². The van der Waals surface area contributed by atoms with Gasteiger partial charge in [0.1, 0.15) is 0 Å². The van der Waals surface area contributed by atoms with Crippen LogP contribution in [0.4, 0.5) is 0 Å². The molecule has 76 valence electrons. The van der Waals surface area contributed by atoms with Crippen LogP contribution in [0.5, 0.6) is 0 Å². The van der Waals surface area contributed by atoms with Gasteiger partial charge in [-0.2, -0.15) is 9.78 Å². The number of pyridine rings is 1. The van der Waals surface area contributed by atoms with Crippen LogP contribution in [0, 0.1) is 0 Å². The molecule has 2 heterocycles. The number of nitrogens with zero attached hydrogens (tertiary/aromatic N) is 1. The first-order valence-electron chi connectivity index (χ1n) is 3.95. The van der Waals surface area contributed by atoms with E-state index < -0.39 is 11.5 Å². The van der Waals surface area contributed by atoms with Gasteiger partial charge in [0, 0.05) is 13.3 Å². The molecule has 1 aromatic rings. The van der Waals surface area contributed by atoms with Gasteiger partial charge < -0.3 is 4.74 Å². The maximum atomic E-state index is 5.88. The third kappa shape index (κ3) is 1.60. The van der Waals surface area contributed by atoms with E-state index in [0.717, 1.165) is 0 Å². The Balaban J connectivity index is 2.38. The second kappa shape index (κ2) is 3.45. The molecule has 2 rings (SSSR count). The zero-order valence-electron chi connectivity index (χ0n) is 7.44. The summed E-state index contributed by atoms with van der Waals surface area (Å²) in [6, 6.07) is 3.45. The fourth-order valence-corrected chi connectivity index (χ4v) is 1.31. The monoisotopic (exact) mass is 216 g/mol. The molecule has 14 heavy (non-hydrogen) atoms. The SMILES string of the molecule is COC(Cl)c1ncccc1C1(N)OO1. The predicted molar refractivity (Wildman–Crippen MR) is 47.9 cm³/mol. The molecule has 0 saturated carbocycles. The average Bonchev–Trinajstić information content (AvgIpc) is 2.97. The highest BCUT2D eigenvalue weighted by atomic mass is 35.5. The van der Waals surface area contributed by atoms with Crippen molar-refractivity contribution in [1.29, 1.82) is 0 Å². The van der Waals surface area contributed by atoms with Gasteiger partial charge >= 0.3 is 5.91 Å². The molecular formula is C8H9ClN2O3. The summed E-state index contributed by atoms with van der Waals surface area (Å²) in [5, 5.41) is 0. The molecule has 1 saturated heterocycles. The lowest BCUT2D eigenvalue weighted by atomic mass is 10.1. The van der Waals surface area contributed by atoms with E-state index in [1.807, 2.05) is 0 Å². The van der Waals surface area contributed by atoms with Gasteiger partial charge in [-0.05, 0) is 12.1 Å². The Morgan fingerprint density at radius 1 is 1.64 bits per heavy atom. The molecule has 0 amide bonds. The van der Waals surface area contributed by atoms with E-state index in [9.17, 15) is 0 Å². The molecule has 1 atom stereocenters. The molecular weight excluding hydrogens is 208 g/mol. The average molecular weight is 217 g/mol. The van der Waals surface area contributed by atoms with Crippen molar-refractivity contribution in [1.82, 2.24) is 4.98 Å². The topological polar surface area (TPSA) is 73.2 Å². The summed E-state index contributed by atoms with van der Waals surface area (Å²) >= 11 is 5.88. The summed E-state index contributed by atoms with van der Waals surface area (Å²) in [6.45, 7) is 0. The van der Waals surface area contributed by atoms with Crippen LogP contribution in [0.25, 0.3) is 0 Å². The van der Waals surface area contributed by atoms with E-state index in [-0.39, 0.29) is 0 Å². The van der Waals surface area contributed by atoms with Crippen molar-refractivity contribution in [2.24, 2.45) is 5.73 Å². The molecule has 0 spiro atoms. The standard InChI is InChI=1S/C8H9ClN2O3/c1-12-7(9)6-5(3-2-4-11-6)8(10)13-14-8/h2-4,7H,10H2,1H3. The van der Waals surface area contributed by atoms with Gasteiger partial charge in [-0.3, -0.25) is 10.7 Å². The number of hydrogen-bond donors (Lipinski definition) is 1. The van der Waals surface area contributed by atoms with Crippen molar-refractivity contribution in [2.75, 3.05) is 7.11 Å². The number of methoxy groups -OCH3 is 1. The first-order chi connectivity index (χ1) is 6.67. The Labute approximate surface area is 85.7 Å². The van der Waals surface area contributed by atoms with E-state index in [0.29, 0.717) is 11.3 Å². The summed E-state index contributed by atoms with van der Waals surface area (Å²) in [4.78, 5) is 13.3. The van der Waals surface area contributed by atoms with E-state index >= 15 is 0 Å². The highest BCUT2D eigenvalue weighted by molar-refractivity contribution is 6.19. The maximum Gasteiger partial charge on any atom is 0.313 e. The fourth-order valence-electron chi connectivity index (χ4n) is 1.14. The third-order valence-electron chi connectivity index (χ3n) is 1.90. The number of nitrogens with two attached hydrogens (primary N) is 1. The molecule has 2 N–H and O–H groups in total. The first-order valence-corrected chi connectivity index (χ1v) is 4.39. The highest BCUT2D eigenvalue weighted by Gasteiger charge is 2.49. The Bertz CT molecular complexity index is 343. The molecule has 0 bridgehead atoms.